The Morgan fingerprint density at radius 1 is 0.783 bits per heavy atom. The summed E-state index contributed by atoms with van der Waals surface area (Å²) in [6, 6.07) is 10.5. The van der Waals surface area contributed by atoms with Crippen LogP contribution in [0.25, 0.3) is 0 Å². The molecule has 0 bridgehead atoms. The van der Waals surface area contributed by atoms with Gasteiger partial charge in [0, 0.05) is 45.0 Å². The summed E-state index contributed by atoms with van der Waals surface area (Å²) in [6.07, 6.45) is 3.16. The first kappa shape index (κ1) is 15.4. The van der Waals surface area contributed by atoms with Gasteiger partial charge in [-0.15, -0.1) is 0 Å². The average molecular weight is 335 g/mol. The SMILES string of the molecule is O=S(=O)(N1CCCCC1)N1CC2CN(c3ccccc3)CC2C1. The highest BCUT2D eigenvalue weighted by molar-refractivity contribution is 7.86. The molecule has 23 heavy (non-hydrogen) atoms. The summed E-state index contributed by atoms with van der Waals surface area (Å²) in [7, 11) is -3.24. The molecule has 0 N–H and O–H groups in total. The van der Waals surface area contributed by atoms with Gasteiger partial charge in [-0.25, -0.2) is 0 Å². The lowest BCUT2D eigenvalue weighted by Crippen LogP contribution is -2.46. The molecule has 0 aliphatic carbocycles. The van der Waals surface area contributed by atoms with Crippen molar-refractivity contribution >= 4 is 15.9 Å². The van der Waals surface area contributed by atoms with E-state index in [9.17, 15) is 8.42 Å². The Balaban J connectivity index is 1.42. The van der Waals surface area contributed by atoms with Crippen LogP contribution in [0.2, 0.25) is 0 Å². The molecule has 6 heteroatoms. The predicted molar refractivity (Wildman–Crippen MR) is 91.6 cm³/mol. The van der Waals surface area contributed by atoms with Gasteiger partial charge in [-0.2, -0.15) is 17.0 Å². The van der Waals surface area contributed by atoms with Gasteiger partial charge in [0.1, 0.15) is 0 Å². The van der Waals surface area contributed by atoms with E-state index in [-0.39, 0.29) is 0 Å². The summed E-state index contributed by atoms with van der Waals surface area (Å²) in [5, 5.41) is 0. The molecular weight excluding hydrogens is 310 g/mol. The monoisotopic (exact) mass is 335 g/mol. The third-order valence-electron chi connectivity index (χ3n) is 5.54. The minimum absolute atomic E-state index is 0.467. The molecule has 2 unspecified atom stereocenters. The second-order valence-electron chi connectivity index (χ2n) is 7.05. The molecule has 3 aliphatic rings. The van der Waals surface area contributed by atoms with Crippen molar-refractivity contribution in [3.05, 3.63) is 30.3 Å². The van der Waals surface area contributed by atoms with Crippen molar-refractivity contribution in [1.29, 1.82) is 0 Å². The molecule has 2 atom stereocenters. The summed E-state index contributed by atoms with van der Waals surface area (Å²) in [4.78, 5) is 2.40. The number of hydrogen-bond donors (Lipinski definition) is 0. The van der Waals surface area contributed by atoms with Crippen LogP contribution in [0.5, 0.6) is 0 Å². The first-order valence-electron chi connectivity index (χ1n) is 8.70. The van der Waals surface area contributed by atoms with E-state index in [0.29, 0.717) is 38.0 Å². The molecule has 3 fully saturated rings. The summed E-state index contributed by atoms with van der Waals surface area (Å²) >= 11 is 0. The molecule has 0 amide bonds. The van der Waals surface area contributed by atoms with Crippen molar-refractivity contribution in [2.75, 3.05) is 44.2 Å². The largest absolute Gasteiger partial charge is 0.371 e. The van der Waals surface area contributed by atoms with Crippen LogP contribution >= 0.6 is 0 Å². The topological polar surface area (TPSA) is 43.9 Å². The van der Waals surface area contributed by atoms with E-state index in [0.717, 1.165) is 32.4 Å². The van der Waals surface area contributed by atoms with Gasteiger partial charge in [-0.3, -0.25) is 0 Å². The maximum Gasteiger partial charge on any atom is 0.281 e. The molecule has 0 saturated carbocycles. The van der Waals surface area contributed by atoms with E-state index in [4.69, 9.17) is 0 Å². The molecule has 3 saturated heterocycles. The predicted octanol–water partition coefficient (Wildman–Crippen LogP) is 1.79. The average Bonchev–Trinajstić information content (AvgIpc) is 3.16. The summed E-state index contributed by atoms with van der Waals surface area (Å²) in [5.74, 6) is 0.935. The first-order chi connectivity index (χ1) is 11.1. The van der Waals surface area contributed by atoms with Gasteiger partial charge < -0.3 is 4.90 Å². The fourth-order valence-corrected chi connectivity index (χ4v) is 6.05. The Morgan fingerprint density at radius 3 is 2.00 bits per heavy atom. The van der Waals surface area contributed by atoms with Crippen molar-refractivity contribution in [3.8, 4) is 0 Å². The lowest BCUT2D eigenvalue weighted by Gasteiger charge is -2.31. The van der Waals surface area contributed by atoms with Gasteiger partial charge in [0.15, 0.2) is 0 Å². The molecule has 0 spiro atoms. The van der Waals surface area contributed by atoms with Crippen molar-refractivity contribution in [1.82, 2.24) is 8.61 Å². The number of hydrogen-bond acceptors (Lipinski definition) is 3. The van der Waals surface area contributed by atoms with Crippen molar-refractivity contribution in [2.45, 2.75) is 19.3 Å². The minimum Gasteiger partial charge on any atom is -0.371 e. The lowest BCUT2D eigenvalue weighted by molar-refractivity contribution is 0.312. The third-order valence-corrected chi connectivity index (χ3v) is 7.51. The van der Waals surface area contributed by atoms with Crippen LogP contribution in [0.4, 0.5) is 5.69 Å². The van der Waals surface area contributed by atoms with E-state index >= 15 is 0 Å². The fourth-order valence-electron chi connectivity index (χ4n) is 4.25. The van der Waals surface area contributed by atoms with Crippen LogP contribution < -0.4 is 4.90 Å². The highest BCUT2D eigenvalue weighted by Crippen LogP contribution is 2.35. The number of fused-ring (bicyclic) bond motifs is 1. The van der Waals surface area contributed by atoms with Crippen LogP contribution in [0.3, 0.4) is 0 Å². The molecule has 1 aromatic rings. The molecule has 0 aromatic heterocycles. The zero-order chi connectivity index (χ0) is 15.9. The van der Waals surface area contributed by atoms with Crippen molar-refractivity contribution in [2.24, 2.45) is 11.8 Å². The van der Waals surface area contributed by atoms with Gasteiger partial charge in [-0.1, -0.05) is 24.6 Å². The van der Waals surface area contributed by atoms with Crippen LogP contribution in [-0.2, 0) is 10.2 Å². The lowest BCUT2D eigenvalue weighted by atomic mass is 10.0. The Kier molecular flexibility index (Phi) is 4.07. The van der Waals surface area contributed by atoms with Crippen LogP contribution in [0.15, 0.2) is 30.3 Å². The maximum atomic E-state index is 12.8. The normalized spacial score (nSPS) is 29.8. The second kappa shape index (κ2) is 6.07. The molecule has 4 rings (SSSR count). The van der Waals surface area contributed by atoms with Gasteiger partial charge in [0.25, 0.3) is 10.2 Å². The maximum absolute atomic E-state index is 12.8. The number of nitrogens with zero attached hydrogens (tertiary/aromatic N) is 3. The van der Waals surface area contributed by atoms with Gasteiger partial charge in [0.05, 0.1) is 0 Å². The van der Waals surface area contributed by atoms with Crippen molar-refractivity contribution < 1.29 is 8.42 Å². The Hall–Kier alpha value is -1.11. The van der Waals surface area contributed by atoms with Crippen molar-refractivity contribution in [3.63, 3.8) is 0 Å². The molecule has 1 aromatic carbocycles. The van der Waals surface area contributed by atoms with Crippen LogP contribution in [0, 0.1) is 11.8 Å². The number of rotatable bonds is 3. The van der Waals surface area contributed by atoms with Crippen LogP contribution in [0.1, 0.15) is 19.3 Å². The van der Waals surface area contributed by atoms with E-state index in [1.165, 1.54) is 5.69 Å². The Labute approximate surface area is 139 Å². The number of para-hydroxylation sites is 1. The smallest absolute Gasteiger partial charge is 0.281 e. The van der Waals surface area contributed by atoms with Gasteiger partial charge in [-0.05, 0) is 36.8 Å². The summed E-state index contributed by atoms with van der Waals surface area (Å²) in [6.45, 7) is 4.72. The Morgan fingerprint density at radius 2 is 1.39 bits per heavy atom. The summed E-state index contributed by atoms with van der Waals surface area (Å²) in [5.41, 5.74) is 1.26. The number of benzene rings is 1. The molecule has 3 aliphatic heterocycles. The zero-order valence-electron chi connectivity index (χ0n) is 13.5. The standard InChI is InChI=1S/C17H25N3O2S/c21-23(22,19-9-5-2-6-10-19)20-13-15-11-18(12-16(15)14-20)17-7-3-1-4-8-17/h1,3-4,7-8,15-16H,2,5-6,9-14H2. The molecule has 0 radical (unpaired) electrons. The highest BCUT2D eigenvalue weighted by Gasteiger charge is 2.45. The van der Waals surface area contributed by atoms with E-state index < -0.39 is 10.2 Å². The first-order valence-corrected chi connectivity index (χ1v) is 10.1. The quantitative estimate of drug-likeness (QED) is 0.846. The highest BCUT2D eigenvalue weighted by atomic mass is 32.2. The van der Waals surface area contributed by atoms with Gasteiger partial charge >= 0.3 is 0 Å². The molecule has 126 valence electrons. The Bertz CT molecular complexity index is 629. The zero-order valence-corrected chi connectivity index (χ0v) is 14.3. The minimum atomic E-state index is -3.24. The number of piperidine rings is 1. The van der Waals surface area contributed by atoms with E-state index in [1.807, 2.05) is 6.07 Å². The van der Waals surface area contributed by atoms with Gasteiger partial charge in [0.2, 0.25) is 0 Å². The third kappa shape index (κ3) is 2.88. The molecular formula is C17H25N3O2S. The van der Waals surface area contributed by atoms with Crippen LogP contribution in [-0.4, -0.2) is 56.3 Å². The fraction of sp³-hybridized carbons (Fsp3) is 0.647. The summed E-state index contributed by atoms with van der Waals surface area (Å²) < 4.78 is 29.1. The molecule has 5 nitrogen and oxygen atoms in total. The van der Waals surface area contributed by atoms with E-state index in [2.05, 4.69) is 29.2 Å². The van der Waals surface area contributed by atoms with E-state index in [1.54, 1.807) is 8.61 Å². The molecule has 3 heterocycles. The number of anilines is 1. The second-order valence-corrected chi connectivity index (χ2v) is 8.97.